The Kier molecular flexibility index (Phi) is 6.09. The second-order valence-corrected chi connectivity index (χ2v) is 9.61. The van der Waals surface area contributed by atoms with Crippen LogP contribution in [0.1, 0.15) is 18.5 Å². The number of nitrogens with two attached hydrogens (primary N) is 2. The molecule has 0 saturated carbocycles. The summed E-state index contributed by atoms with van der Waals surface area (Å²) in [7, 11) is 0. The molecule has 2 amide bonds. The second-order valence-electron chi connectivity index (χ2n) is 6.86. The molecule has 1 fully saturated rings. The molecule has 0 spiro atoms. The topological polar surface area (TPSA) is 210 Å². The third-order valence-electron chi connectivity index (χ3n) is 4.91. The normalized spacial score (nSPS) is 20.3. The Morgan fingerprint density at radius 2 is 2.09 bits per heavy atom. The van der Waals surface area contributed by atoms with Gasteiger partial charge < -0.3 is 27.1 Å². The van der Waals surface area contributed by atoms with E-state index < -0.39 is 35.6 Å². The molecule has 2 aromatic rings. The summed E-state index contributed by atoms with van der Waals surface area (Å²) >= 11 is 7.94. The van der Waals surface area contributed by atoms with E-state index in [1.807, 2.05) is 0 Å². The number of allylic oxidation sites excluding steroid dienone is 1. The zero-order valence-corrected chi connectivity index (χ0v) is 18.8. The molecule has 7 N–H and O–H groups in total. The van der Waals surface area contributed by atoms with Gasteiger partial charge in [-0.15, -0.1) is 10.2 Å². The van der Waals surface area contributed by atoms with E-state index in [4.69, 9.17) is 23.1 Å². The van der Waals surface area contributed by atoms with E-state index in [0.717, 1.165) is 28.0 Å². The molecule has 4 heterocycles. The van der Waals surface area contributed by atoms with Gasteiger partial charge in [0.25, 0.3) is 11.8 Å². The number of anilines is 2. The number of fused-ring (bicyclic) bond motifs is 1. The number of hydrogen-bond donors (Lipinski definition) is 5. The van der Waals surface area contributed by atoms with Crippen molar-refractivity contribution in [1.82, 2.24) is 25.4 Å². The van der Waals surface area contributed by atoms with E-state index in [9.17, 15) is 24.7 Å². The number of nitrogens with one attached hydrogen (secondary N) is 1. The van der Waals surface area contributed by atoms with Crippen LogP contribution in [0.5, 0.6) is 0 Å². The lowest BCUT2D eigenvalue weighted by Crippen LogP contribution is -2.72. The minimum Gasteiger partial charge on any atom is -0.477 e. The number of aromatic nitrogens is 3. The van der Waals surface area contributed by atoms with Gasteiger partial charge in [0.05, 0.1) is 6.04 Å². The first-order valence-corrected chi connectivity index (χ1v) is 11.2. The Morgan fingerprint density at radius 3 is 2.67 bits per heavy atom. The Bertz CT molecular complexity index is 1210. The highest BCUT2D eigenvalue weighted by molar-refractivity contribution is 8.03. The van der Waals surface area contributed by atoms with Gasteiger partial charge in [-0.3, -0.25) is 14.5 Å². The monoisotopic (exact) mass is 510 g/mol. The number of carbonyl (C=O) groups excluding carboxylic acids is 2. The minimum absolute atomic E-state index is 0.0400. The van der Waals surface area contributed by atoms with Crippen molar-refractivity contribution in [2.24, 2.45) is 5.16 Å². The van der Waals surface area contributed by atoms with Crippen molar-refractivity contribution < 1.29 is 24.7 Å². The Balaban J connectivity index is 1.53. The lowest BCUT2D eigenvalue weighted by atomic mass is 9.86. The summed E-state index contributed by atoms with van der Waals surface area (Å²) < 4.78 is 0.0400. The molecule has 0 aromatic carbocycles. The molecule has 16 heteroatoms. The molecule has 0 radical (unpaired) electrons. The average molecular weight is 511 g/mol. The van der Waals surface area contributed by atoms with E-state index in [1.165, 1.54) is 6.07 Å². The van der Waals surface area contributed by atoms with Gasteiger partial charge in [0.1, 0.15) is 32.6 Å². The number of carbonyl (C=O) groups is 3. The van der Waals surface area contributed by atoms with Crippen molar-refractivity contribution in [2.75, 3.05) is 11.5 Å². The number of carboxylic acid groups (broad SMARTS) is 1. The van der Waals surface area contributed by atoms with Crippen LogP contribution < -0.4 is 16.8 Å². The number of nitrogen functional groups attached to an aromatic ring is 2. The van der Waals surface area contributed by atoms with E-state index in [1.54, 1.807) is 6.07 Å². The highest BCUT2D eigenvalue weighted by atomic mass is 35.5. The van der Waals surface area contributed by atoms with Gasteiger partial charge >= 0.3 is 5.97 Å². The van der Waals surface area contributed by atoms with Gasteiger partial charge in [0, 0.05) is 4.91 Å². The molecule has 0 bridgehead atoms. The number of hydrogen-bond acceptors (Lipinski definition) is 12. The van der Waals surface area contributed by atoms with E-state index >= 15 is 0 Å². The fraction of sp³-hybridized carbons (Fsp3) is 0.235. The third-order valence-corrected chi connectivity index (χ3v) is 7.07. The lowest BCUT2D eigenvalue weighted by Gasteiger charge is -2.50. The average Bonchev–Trinajstić information content (AvgIpc) is 3.11. The van der Waals surface area contributed by atoms with E-state index in [0.29, 0.717) is 22.8 Å². The molecule has 33 heavy (non-hydrogen) atoms. The molecule has 1 unspecified atom stereocenters. The standard InChI is InChI=1S/C17H15ClN8O5S2/c18-13-10(22-17(20)33-13)11(25-31)14(27)21-9-5-1-2-6(12(16(29)30)26(5)15(9)28)32-8-4-3-7(19)23-24-8/h3-5,9,31H,1-2H2,(H2,19,23)(H2,20,22)(H,21,27)(H,29,30)/b25-11-/t5?,9-/m0/s1. The summed E-state index contributed by atoms with van der Waals surface area (Å²) in [6, 6.07) is 1.52. The quantitative estimate of drug-likeness (QED) is 0.156. The highest BCUT2D eigenvalue weighted by Crippen LogP contribution is 2.42. The van der Waals surface area contributed by atoms with Gasteiger partial charge in [0.2, 0.25) is 0 Å². The summed E-state index contributed by atoms with van der Waals surface area (Å²) in [6.45, 7) is 0. The maximum absolute atomic E-state index is 12.8. The van der Waals surface area contributed by atoms with Crippen LogP contribution in [-0.4, -0.2) is 66.0 Å². The fourth-order valence-corrected chi connectivity index (χ4v) is 5.41. The van der Waals surface area contributed by atoms with Crippen molar-refractivity contribution >= 4 is 69.1 Å². The minimum atomic E-state index is -1.29. The molecule has 13 nitrogen and oxygen atoms in total. The van der Waals surface area contributed by atoms with Crippen LogP contribution in [0, 0.1) is 0 Å². The first-order valence-electron chi connectivity index (χ1n) is 9.23. The van der Waals surface area contributed by atoms with E-state index in [2.05, 4.69) is 25.7 Å². The van der Waals surface area contributed by atoms with Gasteiger partial charge in [-0.05, 0) is 25.0 Å². The summed E-state index contributed by atoms with van der Waals surface area (Å²) in [6.07, 6.45) is 0.711. The first-order chi connectivity index (χ1) is 15.7. The number of carboxylic acids is 1. The zero-order chi connectivity index (χ0) is 23.9. The van der Waals surface area contributed by atoms with E-state index in [-0.39, 0.29) is 26.7 Å². The number of oxime groups is 1. The van der Waals surface area contributed by atoms with Crippen LogP contribution in [0.2, 0.25) is 4.34 Å². The number of aliphatic carboxylic acids is 1. The van der Waals surface area contributed by atoms with Crippen LogP contribution in [0.15, 0.2) is 32.9 Å². The predicted octanol–water partition coefficient (Wildman–Crippen LogP) is 0.507. The van der Waals surface area contributed by atoms with Crippen molar-refractivity contribution in [1.29, 1.82) is 0 Å². The molecule has 2 aromatic heterocycles. The third kappa shape index (κ3) is 4.17. The van der Waals surface area contributed by atoms with Crippen LogP contribution >= 0.6 is 34.7 Å². The maximum Gasteiger partial charge on any atom is 0.353 e. The van der Waals surface area contributed by atoms with Gasteiger partial charge in [-0.2, -0.15) is 0 Å². The lowest BCUT2D eigenvalue weighted by molar-refractivity contribution is -0.155. The van der Waals surface area contributed by atoms with Crippen LogP contribution in [0.4, 0.5) is 10.9 Å². The SMILES string of the molecule is Nc1ccc(SC2=C(C(=O)O)N3C(=O)[C@@H](NC(=O)/C(=N\O)c4nc(N)sc4Cl)C3CC2)nn1. The zero-order valence-electron chi connectivity index (χ0n) is 16.4. The number of β-lactam (4-membered cyclic amide) rings is 1. The molecule has 0 aliphatic carbocycles. The Morgan fingerprint density at radius 1 is 1.33 bits per heavy atom. The van der Waals surface area contributed by atoms with Crippen molar-refractivity contribution in [3.63, 3.8) is 0 Å². The van der Waals surface area contributed by atoms with Crippen LogP contribution in [0.3, 0.4) is 0 Å². The molecule has 2 aliphatic heterocycles. The molecular weight excluding hydrogens is 496 g/mol. The summed E-state index contributed by atoms with van der Waals surface area (Å²) in [5.74, 6) is -2.58. The molecule has 2 atom stereocenters. The van der Waals surface area contributed by atoms with Crippen molar-refractivity contribution in [3.05, 3.63) is 32.8 Å². The van der Waals surface area contributed by atoms with Crippen molar-refractivity contribution in [2.45, 2.75) is 30.0 Å². The molecule has 2 aliphatic rings. The fourth-order valence-electron chi connectivity index (χ4n) is 3.51. The molecule has 172 valence electrons. The smallest absolute Gasteiger partial charge is 0.353 e. The first kappa shape index (κ1) is 22.8. The Labute approximate surface area is 198 Å². The molecule has 4 rings (SSSR count). The second kappa shape index (κ2) is 8.84. The number of nitrogens with zero attached hydrogens (tertiary/aromatic N) is 5. The number of rotatable bonds is 6. The molecular formula is C17H15ClN8O5S2. The van der Waals surface area contributed by atoms with Crippen LogP contribution in [0.25, 0.3) is 0 Å². The largest absolute Gasteiger partial charge is 0.477 e. The highest BCUT2D eigenvalue weighted by Gasteiger charge is 2.54. The summed E-state index contributed by atoms with van der Waals surface area (Å²) in [5, 5.41) is 32.6. The number of amides is 2. The maximum atomic E-state index is 12.8. The number of thioether (sulfide) groups is 1. The van der Waals surface area contributed by atoms with Crippen LogP contribution in [-0.2, 0) is 14.4 Å². The number of halogens is 1. The summed E-state index contributed by atoms with van der Waals surface area (Å²) in [4.78, 5) is 42.8. The summed E-state index contributed by atoms with van der Waals surface area (Å²) in [5.41, 5.74) is 10.3. The van der Waals surface area contributed by atoms with Crippen molar-refractivity contribution in [3.8, 4) is 0 Å². The van der Waals surface area contributed by atoms with Gasteiger partial charge in [-0.1, -0.05) is 39.9 Å². The van der Waals surface area contributed by atoms with Gasteiger partial charge in [-0.25, -0.2) is 9.78 Å². The van der Waals surface area contributed by atoms with Gasteiger partial charge in [0.15, 0.2) is 10.8 Å². The predicted molar refractivity (Wildman–Crippen MR) is 119 cm³/mol. The number of thiazole rings is 1. The molecule has 1 saturated heterocycles. The Hall–Kier alpha value is -3.43.